The molecule has 4 aromatic rings. The Bertz CT molecular complexity index is 2270. The molecule has 0 aromatic heterocycles. The molecule has 4 aromatic carbocycles. The molecule has 4 fully saturated rings. The summed E-state index contributed by atoms with van der Waals surface area (Å²) in [5.74, 6) is 1.43. The SMILES string of the molecule is C=C1CCC(N2C(=O)c3ccc(N4C[C@@H]5C[C@H]4CN5CC4CCN(CCOc5ccc([C@H]6c7ccc(O)cc7CC[C@H]6c6ccccc6)cc5)CC4)cc3C2=O)C(=O)N1. The van der Waals surface area contributed by atoms with Crippen molar-refractivity contribution in [1.29, 1.82) is 0 Å². The molecule has 1 aliphatic carbocycles. The Morgan fingerprint density at radius 2 is 1.58 bits per heavy atom. The highest BCUT2D eigenvalue weighted by Gasteiger charge is 2.47. The first kappa shape index (κ1) is 37.8. The normalized spacial score (nSPS) is 26.0. The van der Waals surface area contributed by atoms with Crippen LogP contribution < -0.4 is 15.0 Å². The number of allylic oxidation sites excluding steroid dienone is 1. The second kappa shape index (κ2) is 15.6. The van der Waals surface area contributed by atoms with Crippen molar-refractivity contribution in [2.75, 3.05) is 50.8 Å². The number of hydrogen-bond acceptors (Lipinski definition) is 8. The number of anilines is 1. The first-order valence-electron chi connectivity index (χ1n) is 21.6. The number of likely N-dealkylation sites (tertiary alicyclic amines) is 2. The minimum absolute atomic E-state index is 0.226. The molecule has 0 saturated carbocycles. The summed E-state index contributed by atoms with van der Waals surface area (Å²) in [6, 6.07) is 31.1. The van der Waals surface area contributed by atoms with E-state index in [1.54, 1.807) is 6.07 Å². The average Bonchev–Trinajstić information content (AvgIpc) is 3.93. The summed E-state index contributed by atoms with van der Waals surface area (Å²) in [5.41, 5.74) is 7.59. The zero-order valence-corrected chi connectivity index (χ0v) is 33.6. The summed E-state index contributed by atoms with van der Waals surface area (Å²) in [4.78, 5) is 48.2. The quantitative estimate of drug-likeness (QED) is 0.171. The van der Waals surface area contributed by atoms with Gasteiger partial charge in [-0.15, -0.1) is 0 Å². The number of piperazine rings is 1. The predicted octanol–water partition coefficient (Wildman–Crippen LogP) is 6.70. The summed E-state index contributed by atoms with van der Waals surface area (Å²) in [6.45, 7) is 10.7. The number of nitrogens with zero attached hydrogens (tertiary/aromatic N) is 4. The number of rotatable bonds is 10. The van der Waals surface area contributed by atoms with Gasteiger partial charge in [-0.25, -0.2) is 0 Å². The largest absolute Gasteiger partial charge is 0.508 e. The van der Waals surface area contributed by atoms with Crippen molar-refractivity contribution >= 4 is 23.4 Å². The molecule has 5 aliphatic heterocycles. The van der Waals surface area contributed by atoms with Gasteiger partial charge in [-0.05, 0) is 135 Å². The van der Waals surface area contributed by atoms with E-state index in [-0.39, 0.29) is 23.6 Å². The van der Waals surface area contributed by atoms with E-state index < -0.39 is 6.04 Å². The van der Waals surface area contributed by atoms with Gasteiger partial charge in [0.25, 0.3) is 11.8 Å². The van der Waals surface area contributed by atoms with E-state index in [0.29, 0.717) is 65.9 Å². The average molecular weight is 792 g/mol. The number of imide groups is 1. The second-order valence-electron chi connectivity index (χ2n) is 17.6. The number of phenols is 1. The van der Waals surface area contributed by atoms with Crippen LogP contribution in [0.4, 0.5) is 5.69 Å². The predicted molar refractivity (Wildman–Crippen MR) is 227 cm³/mol. The monoisotopic (exact) mass is 791 g/mol. The topological polar surface area (TPSA) is 106 Å². The smallest absolute Gasteiger partial charge is 0.262 e. The van der Waals surface area contributed by atoms with Crippen LogP contribution in [0.1, 0.15) is 93.3 Å². The molecular weight excluding hydrogens is 739 g/mol. The molecule has 0 spiro atoms. The van der Waals surface area contributed by atoms with Crippen molar-refractivity contribution in [2.24, 2.45) is 5.92 Å². The fourth-order valence-electron chi connectivity index (χ4n) is 11.1. The maximum Gasteiger partial charge on any atom is 0.262 e. The van der Waals surface area contributed by atoms with Gasteiger partial charge in [0, 0.05) is 55.6 Å². The highest BCUT2D eigenvalue weighted by Crippen LogP contribution is 2.47. The number of piperidine rings is 2. The summed E-state index contributed by atoms with van der Waals surface area (Å²) in [7, 11) is 0. The molecule has 304 valence electrons. The lowest BCUT2D eigenvalue weighted by molar-refractivity contribution is -0.125. The van der Waals surface area contributed by atoms with Crippen LogP contribution in [-0.2, 0) is 11.2 Å². The number of ether oxygens (including phenoxy) is 1. The number of fused-ring (bicyclic) bond motifs is 4. The van der Waals surface area contributed by atoms with Crippen molar-refractivity contribution in [2.45, 2.75) is 74.9 Å². The van der Waals surface area contributed by atoms with Gasteiger partial charge in [0.2, 0.25) is 5.91 Å². The molecule has 6 aliphatic rings. The van der Waals surface area contributed by atoms with E-state index in [9.17, 15) is 19.5 Å². The zero-order valence-electron chi connectivity index (χ0n) is 33.6. The first-order chi connectivity index (χ1) is 28.8. The molecule has 5 atom stereocenters. The number of amides is 3. The van der Waals surface area contributed by atoms with Crippen LogP contribution >= 0.6 is 0 Å². The Hall–Kier alpha value is -5.45. The number of aryl methyl sites for hydroxylation is 1. The summed E-state index contributed by atoms with van der Waals surface area (Å²) in [5, 5.41) is 12.9. The first-order valence-corrected chi connectivity index (χ1v) is 21.6. The highest BCUT2D eigenvalue weighted by molar-refractivity contribution is 6.23. The van der Waals surface area contributed by atoms with Crippen LogP contribution in [0.2, 0.25) is 0 Å². The molecule has 10 heteroatoms. The van der Waals surface area contributed by atoms with E-state index in [4.69, 9.17) is 4.74 Å². The number of phenolic OH excluding ortho intramolecular Hbond substituents is 1. The van der Waals surface area contributed by atoms with E-state index in [1.807, 2.05) is 24.3 Å². The second-order valence-corrected chi connectivity index (χ2v) is 17.6. The van der Waals surface area contributed by atoms with Crippen LogP contribution in [0.25, 0.3) is 0 Å². The molecule has 1 unspecified atom stereocenters. The van der Waals surface area contributed by atoms with Gasteiger partial charge in [0.15, 0.2) is 0 Å². The maximum atomic E-state index is 13.5. The van der Waals surface area contributed by atoms with Crippen molar-refractivity contribution < 1.29 is 24.2 Å². The van der Waals surface area contributed by atoms with Crippen molar-refractivity contribution in [3.63, 3.8) is 0 Å². The fourth-order valence-corrected chi connectivity index (χ4v) is 11.1. The Kier molecular flexibility index (Phi) is 10.0. The van der Waals surface area contributed by atoms with Gasteiger partial charge < -0.3 is 20.1 Å². The number of nitrogens with one attached hydrogen (secondary N) is 1. The summed E-state index contributed by atoms with van der Waals surface area (Å²) >= 11 is 0. The van der Waals surface area contributed by atoms with Gasteiger partial charge >= 0.3 is 0 Å². The summed E-state index contributed by atoms with van der Waals surface area (Å²) < 4.78 is 6.29. The molecular formula is C49H53N5O5. The lowest BCUT2D eigenvalue weighted by atomic mass is 9.69. The van der Waals surface area contributed by atoms with Crippen molar-refractivity contribution in [3.8, 4) is 11.5 Å². The lowest BCUT2D eigenvalue weighted by Gasteiger charge is -2.39. The van der Waals surface area contributed by atoms with Crippen LogP contribution in [0.5, 0.6) is 11.5 Å². The lowest BCUT2D eigenvalue weighted by Crippen LogP contribution is -2.51. The molecule has 3 amide bonds. The molecule has 2 bridgehead atoms. The maximum absolute atomic E-state index is 13.5. The Balaban J connectivity index is 0.690. The van der Waals surface area contributed by atoms with E-state index >= 15 is 0 Å². The van der Waals surface area contributed by atoms with Gasteiger partial charge in [0.1, 0.15) is 24.1 Å². The van der Waals surface area contributed by atoms with Gasteiger partial charge in [0.05, 0.1) is 11.1 Å². The summed E-state index contributed by atoms with van der Waals surface area (Å²) in [6.07, 6.45) is 6.47. The third-order valence-corrected chi connectivity index (χ3v) is 14.2. The van der Waals surface area contributed by atoms with Crippen molar-refractivity contribution in [1.82, 2.24) is 20.0 Å². The standard InChI is InChI=1S/C49H53N5O5/c1-31-7-18-45(47(56)50-31)54-48(57)43-16-11-36(27-44(43)49(54)58)53-30-37-26-38(53)29-52(37)28-32-19-21-51(22-20-32)23-24-59-40-13-8-34(9-14-40)46-41(33-5-3-2-4-6-33)15-10-35-25-39(55)12-17-42(35)46/h2-6,8-9,11-14,16-17,25,27,32,37-38,41,45-46,55H,1,7,10,15,18-24,26,28-30H2,(H,50,56)/t37-,38-,41-,45?,46+/m0/s1. The van der Waals surface area contributed by atoms with Crippen LogP contribution in [0, 0.1) is 5.92 Å². The molecule has 10 nitrogen and oxygen atoms in total. The number of aromatic hydroxyl groups is 1. The Morgan fingerprint density at radius 3 is 2.34 bits per heavy atom. The van der Waals surface area contributed by atoms with Gasteiger partial charge in [-0.1, -0.05) is 55.1 Å². The third kappa shape index (κ3) is 7.20. The molecule has 5 heterocycles. The molecule has 10 rings (SSSR count). The number of carbonyl (C=O) groups excluding carboxylic acids is 3. The number of benzene rings is 4. The minimum atomic E-state index is -0.796. The highest BCUT2D eigenvalue weighted by atomic mass is 16.5. The molecule has 2 N–H and O–H groups in total. The van der Waals surface area contributed by atoms with Gasteiger partial charge in [-0.2, -0.15) is 0 Å². The van der Waals surface area contributed by atoms with E-state index in [2.05, 4.69) is 87.3 Å². The molecule has 4 saturated heterocycles. The molecule has 0 radical (unpaired) electrons. The number of hydrogen-bond donors (Lipinski definition) is 2. The van der Waals surface area contributed by atoms with Crippen molar-refractivity contribution in [3.05, 3.63) is 137 Å². The third-order valence-electron chi connectivity index (χ3n) is 14.2. The Labute approximate surface area is 346 Å². The van der Waals surface area contributed by atoms with Gasteiger partial charge in [-0.3, -0.25) is 29.1 Å². The molecule has 59 heavy (non-hydrogen) atoms. The number of carbonyl (C=O) groups is 3. The van der Waals surface area contributed by atoms with Crippen LogP contribution in [-0.4, -0.2) is 102 Å². The fraction of sp³-hybridized carbons (Fsp3) is 0.408. The zero-order chi connectivity index (χ0) is 40.2. The van der Waals surface area contributed by atoms with E-state index in [1.165, 1.54) is 35.1 Å². The van der Waals surface area contributed by atoms with Crippen LogP contribution in [0.15, 0.2) is 103 Å². The van der Waals surface area contributed by atoms with Crippen LogP contribution in [0.3, 0.4) is 0 Å². The minimum Gasteiger partial charge on any atom is -0.508 e. The Morgan fingerprint density at radius 1 is 0.780 bits per heavy atom. The van der Waals surface area contributed by atoms with E-state index in [0.717, 1.165) is 74.9 Å².